The molecule has 140 valence electrons. The lowest BCUT2D eigenvalue weighted by atomic mass is 10.1. The Morgan fingerprint density at radius 3 is 2.56 bits per heavy atom. The van der Waals surface area contributed by atoms with E-state index in [1.54, 1.807) is 24.3 Å². The molecule has 0 fully saturated rings. The van der Waals surface area contributed by atoms with E-state index in [-0.39, 0.29) is 11.7 Å². The number of carboxylic acids is 1. The predicted molar refractivity (Wildman–Crippen MR) is 102 cm³/mol. The summed E-state index contributed by atoms with van der Waals surface area (Å²) in [5.74, 6) is -0.283. The lowest BCUT2D eigenvalue weighted by molar-refractivity contribution is -0.139. The number of phenolic OH excluding ortho intramolecular Hbond substituents is 1. The van der Waals surface area contributed by atoms with Gasteiger partial charge in [0.15, 0.2) is 11.5 Å². The average Bonchev–Trinajstić information content (AvgIpc) is 2.65. The van der Waals surface area contributed by atoms with E-state index in [1.807, 2.05) is 32.0 Å². The van der Waals surface area contributed by atoms with Crippen LogP contribution in [0.1, 0.15) is 13.8 Å². The summed E-state index contributed by atoms with van der Waals surface area (Å²) in [6, 6.07) is 13.1. The Hall–Kier alpha value is -3.28. The molecule has 0 aliphatic carbocycles. The molecule has 0 bridgehead atoms. The first-order valence-corrected chi connectivity index (χ1v) is 8.57. The zero-order valence-corrected chi connectivity index (χ0v) is 15.3. The lowest BCUT2D eigenvalue weighted by Gasteiger charge is -2.12. The van der Waals surface area contributed by atoms with Crippen molar-refractivity contribution in [1.29, 1.82) is 0 Å². The molecular weight excluding hydrogens is 346 g/mol. The SMILES string of the molecule is COc1cc(-c2cc(=N[C@@H](C(=O)O)C(C)C)c3ccccc3o2)ccc1O. The number of benzene rings is 2. The fraction of sp³-hybridized carbons (Fsp3) is 0.238. The molecule has 0 aliphatic rings. The summed E-state index contributed by atoms with van der Waals surface area (Å²) in [7, 11) is 1.47. The van der Waals surface area contributed by atoms with Crippen LogP contribution in [0, 0.1) is 5.92 Å². The normalized spacial score (nSPS) is 13.1. The maximum Gasteiger partial charge on any atom is 0.328 e. The quantitative estimate of drug-likeness (QED) is 0.715. The van der Waals surface area contributed by atoms with E-state index in [4.69, 9.17) is 9.15 Å². The Balaban J connectivity index is 2.27. The average molecular weight is 367 g/mol. The standard InChI is InChI=1S/C21H21NO5/c1-12(2)20(21(24)25)22-15-11-18(27-17-7-5-4-6-14(15)17)13-8-9-16(23)19(10-13)26-3/h4-12,20,23H,1-3H3,(H,24,25)/t20-/m1/s1. The van der Waals surface area contributed by atoms with Gasteiger partial charge < -0.3 is 19.4 Å². The highest BCUT2D eigenvalue weighted by Crippen LogP contribution is 2.32. The van der Waals surface area contributed by atoms with Gasteiger partial charge in [0.2, 0.25) is 0 Å². The van der Waals surface area contributed by atoms with Crippen LogP contribution in [0.15, 0.2) is 57.9 Å². The molecule has 0 saturated carbocycles. The van der Waals surface area contributed by atoms with Crippen LogP contribution in [0.2, 0.25) is 0 Å². The first-order chi connectivity index (χ1) is 12.9. The Kier molecular flexibility index (Phi) is 5.16. The molecule has 1 heterocycles. The van der Waals surface area contributed by atoms with E-state index >= 15 is 0 Å². The van der Waals surface area contributed by atoms with Gasteiger partial charge in [-0.1, -0.05) is 26.0 Å². The Bertz CT molecular complexity index is 1050. The largest absolute Gasteiger partial charge is 0.504 e. The molecule has 0 spiro atoms. The molecule has 0 aliphatic heterocycles. The number of fused-ring (bicyclic) bond motifs is 1. The molecule has 2 N–H and O–H groups in total. The number of nitrogens with zero attached hydrogens (tertiary/aromatic N) is 1. The van der Waals surface area contributed by atoms with Crippen LogP contribution in [0.3, 0.4) is 0 Å². The molecule has 0 unspecified atom stereocenters. The number of aromatic hydroxyl groups is 1. The van der Waals surface area contributed by atoms with Gasteiger partial charge in [-0.05, 0) is 36.2 Å². The minimum absolute atomic E-state index is 0.0256. The molecule has 0 saturated heterocycles. The van der Waals surface area contributed by atoms with Gasteiger partial charge >= 0.3 is 5.97 Å². The molecular formula is C21H21NO5. The molecule has 0 radical (unpaired) electrons. The summed E-state index contributed by atoms with van der Waals surface area (Å²) in [6.45, 7) is 3.65. The molecule has 1 atom stereocenters. The maximum atomic E-state index is 11.6. The lowest BCUT2D eigenvalue weighted by Crippen LogP contribution is -2.26. The minimum Gasteiger partial charge on any atom is -0.504 e. The van der Waals surface area contributed by atoms with Crippen molar-refractivity contribution in [3.05, 3.63) is 53.9 Å². The van der Waals surface area contributed by atoms with Gasteiger partial charge in [0, 0.05) is 17.0 Å². The van der Waals surface area contributed by atoms with Crippen LogP contribution in [0.25, 0.3) is 22.3 Å². The Morgan fingerprint density at radius 1 is 1.15 bits per heavy atom. The van der Waals surface area contributed by atoms with Gasteiger partial charge in [0.25, 0.3) is 0 Å². The molecule has 1 aromatic heterocycles. The first-order valence-electron chi connectivity index (χ1n) is 8.57. The number of carboxylic acid groups (broad SMARTS) is 1. The molecule has 3 rings (SSSR count). The number of methoxy groups -OCH3 is 1. The van der Waals surface area contributed by atoms with Crippen LogP contribution >= 0.6 is 0 Å². The molecule has 27 heavy (non-hydrogen) atoms. The highest BCUT2D eigenvalue weighted by molar-refractivity contribution is 5.79. The maximum absolute atomic E-state index is 11.6. The zero-order valence-electron chi connectivity index (χ0n) is 15.3. The molecule has 3 aromatic rings. The van der Waals surface area contributed by atoms with Gasteiger partial charge in [-0.25, -0.2) is 4.79 Å². The summed E-state index contributed by atoms with van der Waals surface area (Å²) >= 11 is 0. The van der Waals surface area contributed by atoms with Crippen LogP contribution in [0.4, 0.5) is 0 Å². The molecule has 0 amide bonds. The van der Waals surface area contributed by atoms with Crippen molar-refractivity contribution < 1.29 is 24.2 Å². The Labute approximate surface area is 156 Å². The van der Waals surface area contributed by atoms with Crippen molar-refractivity contribution in [2.45, 2.75) is 19.9 Å². The van der Waals surface area contributed by atoms with Crippen LogP contribution in [0.5, 0.6) is 11.5 Å². The van der Waals surface area contributed by atoms with Gasteiger partial charge in [0.1, 0.15) is 17.4 Å². The van der Waals surface area contributed by atoms with E-state index in [0.29, 0.717) is 28.0 Å². The second-order valence-corrected chi connectivity index (χ2v) is 6.53. The number of aliphatic carboxylic acids is 1. The van der Waals surface area contributed by atoms with Crippen LogP contribution < -0.4 is 10.1 Å². The second kappa shape index (κ2) is 7.53. The number of phenols is 1. The Morgan fingerprint density at radius 2 is 1.89 bits per heavy atom. The minimum atomic E-state index is -0.970. The third-order valence-electron chi connectivity index (χ3n) is 4.28. The molecule has 6 nitrogen and oxygen atoms in total. The number of rotatable bonds is 5. The third kappa shape index (κ3) is 3.79. The molecule has 2 aromatic carbocycles. The van der Waals surface area contributed by atoms with Crippen molar-refractivity contribution in [1.82, 2.24) is 0 Å². The number of para-hydroxylation sites is 1. The number of hydrogen-bond acceptors (Lipinski definition) is 5. The van der Waals surface area contributed by atoms with Crippen molar-refractivity contribution in [2.24, 2.45) is 10.9 Å². The van der Waals surface area contributed by atoms with E-state index < -0.39 is 12.0 Å². The number of carbonyl (C=O) groups is 1. The molecule has 6 heteroatoms. The summed E-state index contributed by atoms with van der Waals surface area (Å²) in [5, 5.41) is 20.6. The fourth-order valence-corrected chi connectivity index (χ4v) is 2.84. The van der Waals surface area contributed by atoms with Crippen molar-refractivity contribution >= 4 is 16.9 Å². The van der Waals surface area contributed by atoms with Crippen molar-refractivity contribution in [3.8, 4) is 22.8 Å². The van der Waals surface area contributed by atoms with E-state index in [0.717, 1.165) is 5.39 Å². The highest BCUT2D eigenvalue weighted by Gasteiger charge is 2.20. The fourth-order valence-electron chi connectivity index (χ4n) is 2.84. The summed E-state index contributed by atoms with van der Waals surface area (Å²) in [5.41, 5.74) is 1.27. The van der Waals surface area contributed by atoms with Gasteiger partial charge in [-0.3, -0.25) is 4.99 Å². The third-order valence-corrected chi connectivity index (χ3v) is 4.28. The zero-order chi connectivity index (χ0) is 19.6. The first kappa shape index (κ1) is 18.5. The van der Waals surface area contributed by atoms with E-state index in [1.165, 1.54) is 13.2 Å². The van der Waals surface area contributed by atoms with Crippen LogP contribution in [-0.4, -0.2) is 29.3 Å². The van der Waals surface area contributed by atoms with Gasteiger partial charge in [-0.2, -0.15) is 0 Å². The van der Waals surface area contributed by atoms with Crippen molar-refractivity contribution in [2.75, 3.05) is 7.11 Å². The smallest absolute Gasteiger partial charge is 0.328 e. The topological polar surface area (TPSA) is 92.3 Å². The monoisotopic (exact) mass is 367 g/mol. The summed E-state index contributed by atoms with van der Waals surface area (Å²) in [6.07, 6.45) is 0. The summed E-state index contributed by atoms with van der Waals surface area (Å²) in [4.78, 5) is 16.1. The van der Waals surface area contributed by atoms with E-state index in [9.17, 15) is 15.0 Å². The predicted octanol–water partition coefficient (Wildman–Crippen LogP) is 3.82. The number of hydrogen-bond donors (Lipinski definition) is 2. The van der Waals surface area contributed by atoms with Gasteiger partial charge in [-0.15, -0.1) is 0 Å². The van der Waals surface area contributed by atoms with Crippen molar-refractivity contribution in [3.63, 3.8) is 0 Å². The van der Waals surface area contributed by atoms with Gasteiger partial charge in [0.05, 0.1) is 12.5 Å². The summed E-state index contributed by atoms with van der Waals surface area (Å²) < 4.78 is 11.1. The number of ether oxygens (including phenoxy) is 1. The van der Waals surface area contributed by atoms with E-state index in [2.05, 4.69) is 4.99 Å². The highest BCUT2D eigenvalue weighted by atomic mass is 16.5. The van der Waals surface area contributed by atoms with Crippen LogP contribution in [-0.2, 0) is 4.79 Å². The second-order valence-electron chi connectivity index (χ2n) is 6.53.